The summed E-state index contributed by atoms with van der Waals surface area (Å²) < 4.78 is 0. The van der Waals surface area contributed by atoms with E-state index in [1.54, 1.807) is 30.5 Å². The molecule has 0 saturated carbocycles. The van der Waals surface area contributed by atoms with Gasteiger partial charge in [-0.2, -0.15) is 0 Å². The predicted octanol–water partition coefficient (Wildman–Crippen LogP) is 2.47. The van der Waals surface area contributed by atoms with E-state index in [1.165, 1.54) is 4.88 Å². The van der Waals surface area contributed by atoms with Gasteiger partial charge in [0, 0.05) is 30.6 Å². The normalized spacial score (nSPS) is 10.8. The summed E-state index contributed by atoms with van der Waals surface area (Å²) >= 11 is 1.68. The standard InChI is InChI=1S/C17H23N5OS.HI/c1-12-13(2)24-15(22-12)11-21-17(18-3)20-10-9-19-16(23)14-7-5-4-6-8-14;/h4-8H,9-11H2,1-3H3,(H,19,23)(H2,18,20,21);1H. The van der Waals surface area contributed by atoms with Crippen molar-refractivity contribution in [3.63, 3.8) is 0 Å². The van der Waals surface area contributed by atoms with Gasteiger partial charge in [-0.05, 0) is 26.0 Å². The van der Waals surface area contributed by atoms with Crippen LogP contribution < -0.4 is 16.0 Å². The van der Waals surface area contributed by atoms with Crippen molar-refractivity contribution in [3.05, 3.63) is 51.5 Å². The Morgan fingerprint density at radius 1 is 1.12 bits per heavy atom. The van der Waals surface area contributed by atoms with Crippen LogP contribution in [0.15, 0.2) is 35.3 Å². The number of thiazole rings is 1. The van der Waals surface area contributed by atoms with E-state index >= 15 is 0 Å². The van der Waals surface area contributed by atoms with Gasteiger partial charge in [0.25, 0.3) is 5.91 Å². The molecule has 25 heavy (non-hydrogen) atoms. The van der Waals surface area contributed by atoms with E-state index in [-0.39, 0.29) is 29.9 Å². The molecule has 0 aliphatic carbocycles. The molecule has 1 amide bonds. The number of aryl methyl sites for hydroxylation is 2. The summed E-state index contributed by atoms with van der Waals surface area (Å²) in [5, 5.41) is 10.3. The molecule has 0 saturated heterocycles. The fraction of sp³-hybridized carbons (Fsp3) is 0.353. The highest BCUT2D eigenvalue weighted by Gasteiger charge is 2.05. The number of amides is 1. The van der Waals surface area contributed by atoms with Crippen molar-refractivity contribution < 1.29 is 4.79 Å². The van der Waals surface area contributed by atoms with Gasteiger partial charge in [-0.15, -0.1) is 35.3 Å². The van der Waals surface area contributed by atoms with Crippen molar-refractivity contribution in [1.82, 2.24) is 20.9 Å². The third-order valence-corrected chi connectivity index (χ3v) is 4.52. The summed E-state index contributed by atoms with van der Waals surface area (Å²) in [7, 11) is 1.72. The Bertz CT molecular complexity index is 683. The van der Waals surface area contributed by atoms with E-state index in [9.17, 15) is 4.79 Å². The summed E-state index contributed by atoms with van der Waals surface area (Å²) in [5.41, 5.74) is 1.73. The molecule has 0 atom stereocenters. The van der Waals surface area contributed by atoms with Crippen LogP contribution in [0.3, 0.4) is 0 Å². The fourth-order valence-corrected chi connectivity index (χ4v) is 2.92. The molecule has 3 N–H and O–H groups in total. The molecule has 0 aliphatic heterocycles. The number of nitrogens with zero attached hydrogens (tertiary/aromatic N) is 2. The second-order valence-corrected chi connectivity index (χ2v) is 6.51. The first kappa shape index (κ1) is 21.4. The molecule has 2 aromatic rings. The molecule has 0 fully saturated rings. The summed E-state index contributed by atoms with van der Waals surface area (Å²) in [6, 6.07) is 9.17. The Morgan fingerprint density at radius 2 is 1.80 bits per heavy atom. The minimum Gasteiger partial charge on any atom is -0.355 e. The van der Waals surface area contributed by atoms with Crippen LogP contribution in [0.1, 0.15) is 25.9 Å². The van der Waals surface area contributed by atoms with E-state index in [0.29, 0.717) is 31.2 Å². The number of rotatable bonds is 6. The molecular formula is C17H24IN5OS. The second-order valence-electron chi connectivity index (χ2n) is 5.22. The highest BCUT2D eigenvalue weighted by atomic mass is 127. The minimum absolute atomic E-state index is 0. The maximum Gasteiger partial charge on any atom is 0.251 e. The Kier molecular flexibility index (Phi) is 9.43. The fourth-order valence-electron chi connectivity index (χ4n) is 2.04. The quantitative estimate of drug-likeness (QED) is 0.261. The Balaban J connectivity index is 0.00000312. The number of hydrogen-bond donors (Lipinski definition) is 3. The van der Waals surface area contributed by atoms with E-state index in [2.05, 4.69) is 32.9 Å². The first-order valence-corrected chi connectivity index (χ1v) is 8.62. The molecule has 1 aromatic heterocycles. The van der Waals surface area contributed by atoms with Crippen LogP contribution >= 0.6 is 35.3 Å². The van der Waals surface area contributed by atoms with Crippen molar-refractivity contribution in [2.45, 2.75) is 20.4 Å². The molecule has 0 unspecified atom stereocenters. The summed E-state index contributed by atoms with van der Waals surface area (Å²) in [6.45, 7) is 5.82. The topological polar surface area (TPSA) is 78.4 Å². The van der Waals surface area contributed by atoms with Gasteiger partial charge in [-0.25, -0.2) is 4.98 Å². The van der Waals surface area contributed by atoms with Crippen LogP contribution in [0.4, 0.5) is 0 Å². The van der Waals surface area contributed by atoms with Crippen LogP contribution in [-0.4, -0.2) is 37.0 Å². The number of aliphatic imine (C=N–C) groups is 1. The van der Waals surface area contributed by atoms with Crippen LogP contribution in [0.25, 0.3) is 0 Å². The largest absolute Gasteiger partial charge is 0.355 e. The number of benzene rings is 1. The third-order valence-electron chi connectivity index (χ3n) is 3.44. The Labute approximate surface area is 169 Å². The Morgan fingerprint density at radius 3 is 2.40 bits per heavy atom. The molecular weight excluding hydrogens is 449 g/mol. The van der Waals surface area contributed by atoms with E-state index in [0.717, 1.165) is 10.7 Å². The predicted molar refractivity (Wildman–Crippen MR) is 114 cm³/mol. The lowest BCUT2D eigenvalue weighted by Gasteiger charge is -2.11. The molecule has 1 heterocycles. The van der Waals surface area contributed by atoms with Crippen molar-refractivity contribution >= 4 is 47.2 Å². The van der Waals surface area contributed by atoms with Crippen LogP contribution in [0, 0.1) is 13.8 Å². The van der Waals surface area contributed by atoms with Gasteiger partial charge in [-0.1, -0.05) is 18.2 Å². The van der Waals surface area contributed by atoms with Gasteiger partial charge in [-0.3, -0.25) is 9.79 Å². The van der Waals surface area contributed by atoms with Gasteiger partial charge in [0.2, 0.25) is 0 Å². The maximum absolute atomic E-state index is 11.9. The molecule has 2 rings (SSSR count). The second kappa shape index (κ2) is 11.0. The zero-order chi connectivity index (χ0) is 17.4. The summed E-state index contributed by atoms with van der Waals surface area (Å²) in [5.74, 6) is 0.614. The van der Waals surface area contributed by atoms with Gasteiger partial charge in [0.05, 0.1) is 12.2 Å². The van der Waals surface area contributed by atoms with Gasteiger partial charge in [0.1, 0.15) is 5.01 Å². The van der Waals surface area contributed by atoms with Crippen molar-refractivity contribution in [2.75, 3.05) is 20.1 Å². The minimum atomic E-state index is -0.0749. The number of carbonyl (C=O) groups excluding carboxylic acids is 1. The lowest BCUT2D eigenvalue weighted by molar-refractivity contribution is 0.0954. The van der Waals surface area contributed by atoms with E-state index in [4.69, 9.17) is 0 Å². The van der Waals surface area contributed by atoms with Gasteiger partial charge < -0.3 is 16.0 Å². The number of carbonyl (C=O) groups is 1. The smallest absolute Gasteiger partial charge is 0.251 e. The van der Waals surface area contributed by atoms with Crippen molar-refractivity contribution in [1.29, 1.82) is 0 Å². The monoisotopic (exact) mass is 473 g/mol. The molecule has 6 nitrogen and oxygen atoms in total. The molecule has 0 aliphatic rings. The average molecular weight is 473 g/mol. The molecule has 0 spiro atoms. The molecule has 0 bridgehead atoms. The van der Waals surface area contributed by atoms with E-state index < -0.39 is 0 Å². The molecule has 0 radical (unpaired) electrons. The van der Waals surface area contributed by atoms with Crippen molar-refractivity contribution in [3.8, 4) is 0 Å². The lowest BCUT2D eigenvalue weighted by atomic mass is 10.2. The highest BCUT2D eigenvalue weighted by Crippen LogP contribution is 2.15. The Hall–Kier alpha value is -1.68. The van der Waals surface area contributed by atoms with Crippen LogP contribution in [0.2, 0.25) is 0 Å². The van der Waals surface area contributed by atoms with Gasteiger partial charge >= 0.3 is 0 Å². The zero-order valence-electron chi connectivity index (χ0n) is 14.6. The first-order chi connectivity index (χ1) is 11.6. The SMILES string of the molecule is CN=C(NCCNC(=O)c1ccccc1)NCc1nc(C)c(C)s1.I. The number of aromatic nitrogens is 1. The highest BCUT2D eigenvalue weighted by molar-refractivity contribution is 14.0. The number of hydrogen-bond acceptors (Lipinski definition) is 4. The van der Waals surface area contributed by atoms with Crippen LogP contribution in [-0.2, 0) is 6.54 Å². The summed E-state index contributed by atoms with van der Waals surface area (Å²) in [6.07, 6.45) is 0. The number of guanidine groups is 1. The van der Waals surface area contributed by atoms with Crippen LogP contribution in [0.5, 0.6) is 0 Å². The van der Waals surface area contributed by atoms with Crippen molar-refractivity contribution in [2.24, 2.45) is 4.99 Å². The summed E-state index contributed by atoms with van der Waals surface area (Å²) in [4.78, 5) is 21.8. The molecule has 1 aromatic carbocycles. The van der Waals surface area contributed by atoms with Gasteiger partial charge in [0.15, 0.2) is 5.96 Å². The maximum atomic E-state index is 11.9. The van der Waals surface area contributed by atoms with E-state index in [1.807, 2.05) is 25.1 Å². The third kappa shape index (κ3) is 6.99. The first-order valence-electron chi connectivity index (χ1n) is 7.81. The number of halogens is 1. The molecule has 8 heteroatoms. The lowest BCUT2D eigenvalue weighted by Crippen LogP contribution is -2.41. The average Bonchev–Trinajstić information content (AvgIpc) is 2.93. The molecule has 136 valence electrons. The number of nitrogens with one attached hydrogen (secondary N) is 3. The zero-order valence-corrected chi connectivity index (χ0v) is 17.8.